The molecule has 0 aromatic heterocycles. The average Bonchev–Trinajstić information content (AvgIpc) is 2.67. The van der Waals surface area contributed by atoms with E-state index < -0.39 is 5.60 Å². The summed E-state index contributed by atoms with van der Waals surface area (Å²) in [5.41, 5.74) is 5.26. The van der Waals surface area contributed by atoms with Gasteiger partial charge in [0.25, 0.3) is 0 Å². The Labute approximate surface area is 195 Å². The highest BCUT2D eigenvalue weighted by molar-refractivity contribution is 5.61. The second-order valence-corrected chi connectivity index (χ2v) is 10.9. The molecular formula is C28H42O4. The molecule has 1 aliphatic carbocycles. The number of allylic oxidation sites excluding steroid dienone is 2. The van der Waals surface area contributed by atoms with Crippen LogP contribution in [-0.4, -0.2) is 33.4 Å². The zero-order chi connectivity index (χ0) is 24.2. The molecule has 32 heavy (non-hydrogen) atoms. The lowest BCUT2D eigenvalue weighted by molar-refractivity contribution is -0.0871. The van der Waals surface area contributed by atoms with E-state index in [2.05, 4.69) is 91.8 Å². The van der Waals surface area contributed by atoms with Crippen LogP contribution in [0.15, 0.2) is 41.5 Å². The van der Waals surface area contributed by atoms with Crippen molar-refractivity contribution in [3.05, 3.63) is 58.2 Å². The van der Waals surface area contributed by atoms with Gasteiger partial charge in [0.05, 0.1) is 0 Å². The molecule has 1 unspecified atom stereocenters. The van der Waals surface area contributed by atoms with E-state index in [-0.39, 0.29) is 24.4 Å². The van der Waals surface area contributed by atoms with Crippen molar-refractivity contribution in [3.63, 3.8) is 0 Å². The Kier molecular flexibility index (Phi) is 8.55. The summed E-state index contributed by atoms with van der Waals surface area (Å²) in [6.45, 7) is 18.0. The summed E-state index contributed by atoms with van der Waals surface area (Å²) in [6.07, 6.45) is 9.52. The number of hydrogen-bond donors (Lipinski definition) is 0. The number of benzene rings is 1. The lowest BCUT2D eigenvalue weighted by atomic mass is 9.78. The van der Waals surface area contributed by atoms with Crippen molar-refractivity contribution in [3.8, 4) is 5.75 Å². The minimum Gasteiger partial charge on any atom is -0.467 e. The van der Waals surface area contributed by atoms with E-state index in [4.69, 9.17) is 18.9 Å². The molecule has 0 N–H and O–H groups in total. The highest BCUT2D eigenvalue weighted by Crippen LogP contribution is 2.41. The molecule has 4 nitrogen and oxygen atoms in total. The Hall–Kier alpha value is -1.88. The number of methoxy groups -OCH3 is 2. The van der Waals surface area contributed by atoms with Crippen LogP contribution in [0.4, 0.5) is 0 Å². The first-order valence-corrected chi connectivity index (χ1v) is 11.3. The van der Waals surface area contributed by atoms with E-state index in [0.29, 0.717) is 0 Å². The summed E-state index contributed by atoms with van der Waals surface area (Å²) in [5, 5.41) is 0. The fourth-order valence-corrected chi connectivity index (χ4v) is 4.14. The summed E-state index contributed by atoms with van der Waals surface area (Å²) in [6, 6.07) is 4.45. The number of hydrogen-bond acceptors (Lipinski definition) is 4. The molecular weight excluding hydrogens is 400 g/mol. The van der Waals surface area contributed by atoms with Crippen LogP contribution in [-0.2, 0) is 25.0 Å². The third kappa shape index (κ3) is 6.81. The molecule has 0 saturated heterocycles. The highest BCUT2D eigenvalue weighted by atomic mass is 16.7. The predicted octanol–water partition coefficient (Wildman–Crippen LogP) is 6.93. The van der Waals surface area contributed by atoms with Crippen molar-refractivity contribution in [2.24, 2.45) is 0 Å². The van der Waals surface area contributed by atoms with Gasteiger partial charge in [-0.15, -0.1) is 0 Å². The van der Waals surface area contributed by atoms with Gasteiger partial charge in [-0.1, -0.05) is 64.8 Å². The molecule has 0 aliphatic heterocycles. The van der Waals surface area contributed by atoms with Crippen molar-refractivity contribution in [1.82, 2.24) is 0 Å². The number of ether oxygens (including phenoxy) is 4. The largest absolute Gasteiger partial charge is 0.467 e. The average molecular weight is 443 g/mol. The third-order valence-electron chi connectivity index (χ3n) is 5.55. The van der Waals surface area contributed by atoms with Crippen molar-refractivity contribution in [1.29, 1.82) is 0 Å². The summed E-state index contributed by atoms with van der Waals surface area (Å²) >= 11 is 0. The maximum absolute atomic E-state index is 6.19. The van der Waals surface area contributed by atoms with Crippen molar-refractivity contribution in [2.75, 3.05) is 27.8 Å². The topological polar surface area (TPSA) is 36.9 Å². The van der Waals surface area contributed by atoms with Crippen LogP contribution in [0, 0.1) is 0 Å². The van der Waals surface area contributed by atoms with Gasteiger partial charge >= 0.3 is 0 Å². The summed E-state index contributed by atoms with van der Waals surface area (Å²) in [5.74, 6) is 0.918. The zero-order valence-electron chi connectivity index (χ0n) is 21.7. The summed E-state index contributed by atoms with van der Waals surface area (Å²) in [4.78, 5) is 0. The Morgan fingerprint density at radius 3 is 1.94 bits per heavy atom. The van der Waals surface area contributed by atoms with Gasteiger partial charge in [0.1, 0.15) is 18.1 Å². The summed E-state index contributed by atoms with van der Waals surface area (Å²) in [7, 11) is 3.31. The molecule has 178 valence electrons. The van der Waals surface area contributed by atoms with Crippen LogP contribution in [0.3, 0.4) is 0 Å². The number of rotatable bonds is 8. The first kappa shape index (κ1) is 26.4. The van der Waals surface area contributed by atoms with Gasteiger partial charge < -0.3 is 18.9 Å². The molecule has 1 aliphatic rings. The molecule has 4 heteroatoms. The van der Waals surface area contributed by atoms with Gasteiger partial charge in [0.2, 0.25) is 0 Å². The van der Waals surface area contributed by atoms with Gasteiger partial charge in [-0.05, 0) is 54.5 Å². The van der Waals surface area contributed by atoms with Crippen LogP contribution < -0.4 is 4.74 Å². The van der Waals surface area contributed by atoms with Crippen LogP contribution in [0.5, 0.6) is 5.75 Å². The summed E-state index contributed by atoms with van der Waals surface area (Å²) < 4.78 is 22.8. The molecule has 0 bridgehead atoms. The SMILES string of the molecule is COCOc1c(C(C)(C)C)cc(/C=C/C2(OCOC)C=C(C)C=C(C)C2)cc1C(C)(C)C. The fourth-order valence-electron chi connectivity index (χ4n) is 4.14. The van der Waals surface area contributed by atoms with Gasteiger partial charge in [-0.25, -0.2) is 0 Å². The van der Waals surface area contributed by atoms with Gasteiger partial charge in [-0.2, -0.15) is 0 Å². The van der Waals surface area contributed by atoms with Gasteiger partial charge in [-0.3, -0.25) is 0 Å². The van der Waals surface area contributed by atoms with Gasteiger partial charge in [0, 0.05) is 31.8 Å². The lowest BCUT2D eigenvalue weighted by Crippen LogP contribution is -2.31. The quantitative estimate of drug-likeness (QED) is 0.409. The van der Waals surface area contributed by atoms with E-state index in [1.54, 1.807) is 14.2 Å². The Bertz CT molecular complexity index is 843. The standard InChI is InChI=1S/C28H42O4/c1-20-13-21(2)17-28(16-20,32-19-30-10)12-11-22-14-23(26(3,4)5)25(31-18-29-9)24(15-22)27(6,7)8/h11-16H,17-19H2,1-10H3/b12-11+. The normalized spacial score (nSPS) is 19.8. The maximum atomic E-state index is 6.19. The smallest absolute Gasteiger partial charge is 0.188 e. The Morgan fingerprint density at radius 2 is 1.47 bits per heavy atom. The monoisotopic (exact) mass is 442 g/mol. The third-order valence-corrected chi connectivity index (χ3v) is 5.55. The highest BCUT2D eigenvalue weighted by Gasteiger charge is 2.30. The molecule has 0 amide bonds. The molecule has 1 aromatic rings. The minimum atomic E-state index is -0.520. The van der Waals surface area contributed by atoms with E-state index in [9.17, 15) is 0 Å². The van der Waals surface area contributed by atoms with Crippen molar-refractivity contribution in [2.45, 2.75) is 78.2 Å². The Morgan fingerprint density at radius 1 is 0.906 bits per heavy atom. The lowest BCUT2D eigenvalue weighted by Gasteiger charge is -2.32. The van der Waals surface area contributed by atoms with Gasteiger partial charge in [0.15, 0.2) is 6.79 Å². The van der Waals surface area contributed by atoms with Crippen molar-refractivity contribution >= 4 is 6.08 Å². The van der Waals surface area contributed by atoms with Crippen LogP contribution in [0.25, 0.3) is 6.08 Å². The van der Waals surface area contributed by atoms with Crippen LogP contribution in [0.2, 0.25) is 0 Å². The second kappa shape index (κ2) is 10.4. The predicted molar refractivity (Wildman–Crippen MR) is 133 cm³/mol. The van der Waals surface area contributed by atoms with Crippen LogP contribution in [0.1, 0.15) is 78.5 Å². The maximum Gasteiger partial charge on any atom is 0.188 e. The van der Waals surface area contributed by atoms with E-state index >= 15 is 0 Å². The molecule has 0 spiro atoms. The molecule has 2 rings (SSSR count). The molecule has 0 saturated carbocycles. The minimum absolute atomic E-state index is 0.0855. The molecule has 1 aromatic carbocycles. The Balaban J connectivity index is 2.61. The molecule has 0 fully saturated rings. The van der Waals surface area contributed by atoms with Crippen molar-refractivity contribution < 1.29 is 18.9 Å². The first-order valence-electron chi connectivity index (χ1n) is 11.3. The van der Waals surface area contributed by atoms with E-state index in [1.807, 2.05) is 0 Å². The second-order valence-electron chi connectivity index (χ2n) is 10.9. The zero-order valence-corrected chi connectivity index (χ0v) is 21.7. The molecule has 1 atom stereocenters. The fraction of sp³-hybridized carbons (Fsp3) is 0.571. The van der Waals surface area contributed by atoms with E-state index in [1.165, 1.54) is 22.3 Å². The molecule has 0 radical (unpaired) electrons. The first-order chi connectivity index (χ1) is 14.8. The molecule has 0 heterocycles. The van der Waals surface area contributed by atoms with Crippen LogP contribution >= 0.6 is 0 Å². The van der Waals surface area contributed by atoms with E-state index in [0.717, 1.165) is 17.7 Å².